The highest BCUT2D eigenvalue weighted by atomic mass is 32.1. The zero-order valence-corrected chi connectivity index (χ0v) is 17.1. The van der Waals surface area contributed by atoms with Gasteiger partial charge in [-0.1, -0.05) is 71.1 Å². The third-order valence-electron chi connectivity index (χ3n) is 5.00. The Kier molecular flexibility index (Phi) is 13.5. The van der Waals surface area contributed by atoms with E-state index in [9.17, 15) is 10.2 Å². The minimum absolute atomic E-state index is 0.182. The number of aliphatic hydroxyl groups excluding tert-OH is 3. The number of ether oxygens (including phenoxy) is 2. The molecule has 1 aliphatic rings. The summed E-state index contributed by atoms with van der Waals surface area (Å²) in [5.74, 6) is 0. The number of thiocarbonyl (C=S) groups is 1. The van der Waals surface area contributed by atoms with Crippen molar-refractivity contribution < 1.29 is 24.8 Å². The van der Waals surface area contributed by atoms with Gasteiger partial charge in [-0.2, -0.15) is 0 Å². The molecule has 5 nitrogen and oxygen atoms in total. The molecule has 1 saturated heterocycles. The molecule has 0 aliphatic carbocycles. The quantitative estimate of drug-likeness (QED) is 0.293. The van der Waals surface area contributed by atoms with Crippen molar-refractivity contribution >= 4 is 17.3 Å². The number of unbranched alkanes of at least 4 members (excludes halogenated alkanes) is 10. The van der Waals surface area contributed by atoms with E-state index in [-0.39, 0.29) is 6.61 Å². The lowest BCUT2D eigenvalue weighted by atomic mass is 10.1. The Labute approximate surface area is 164 Å². The van der Waals surface area contributed by atoms with Crippen molar-refractivity contribution in [3.63, 3.8) is 0 Å². The first-order chi connectivity index (χ1) is 12.6. The van der Waals surface area contributed by atoms with Gasteiger partial charge in [0.1, 0.15) is 18.3 Å². The molecule has 154 valence electrons. The van der Waals surface area contributed by atoms with E-state index >= 15 is 0 Å². The van der Waals surface area contributed by atoms with Crippen LogP contribution in [0.3, 0.4) is 0 Å². The van der Waals surface area contributed by atoms with Crippen LogP contribution in [-0.4, -0.2) is 58.0 Å². The molecule has 3 N–H and O–H groups in total. The SMILES string of the molecule is CCCCCCCCCCCCCC(=S)O[C@@H]1CO[C@H]([C@@H](O)CO)[C@@H]1O. The van der Waals surface area contributed by atoms with Gasteiger partial charge in [-0.15, -0.1) is 0 Å². The van der Waals surface area contributed by atoms with Crippen LogP contribution in [0.4, 0.5) is 0 Å². The van der Waals surface area contributed by atoms with Gasteiger partial charge in [0.25, 0.3) is 0 Å². The molecule has 0 radical (unpaired) electrons. The Balaban J connectivity index is 1.97. The van der Waals surface area contributed by atoms with Gasteiger partial charge in [0, 0.05) is 6.42 Å². The van der Waals surface area contributed by atoms with Crippen LogP contribution in [0.5, 0.6) is 0 Å². The zero-order valence-electron chi connectivity index (χ0n) is 16.3. The summed E-state index contributed by atoms with van der Waals surface area (Å²) in [5.41, 5.74) is 0. The van der Waals surface area contributed by atoms with E-state index < -0.39 is 31.0 Å². The standard InChI is InChI=1S/C20H38O5S/c1-2-3-4-5-6-7-8-9-10-11-12-13-18(26)25-17-15-24-20(19(17)23)16(22)14-21/h16-17,19-23H,2-15H2,1H3/t16-,17+,19+,20+/m0/s1. The van der Waals surface area contributed by atoms with E-state index in [0.717, 1.165) is 12.8 Å². The van der Waals surface area contributed by atoms with Gasteiger partial charge >= 0.3 is 0 Å². The normalized spacial score (nSPS) is 23.9. The van der Waals surface area contributed by atoms with E-state index in [1.807, 2.05) is 0 Å². The monoisotopic (exact) mass is 390 g/mol. The van der Waals surface area contributed by atoms with Gasteiger partial charge in [-0.25, -0.2) is 0 Å². The summed E-state index contributed by atoms with van der Waals surface area (Å²) in [5, 5.41) is 29.1. The molecule has 1 heterocycles. The van der Waals surface area contributed by atoms with Crippen LogP contribution in [-0.2, 0) is 9.47 Å². The predicted octanol–water partition coefficient (Wildman–Crippen LogP) is 3.51. The minimum Gasteiger partial charge on any atom is -0.479 e. The number of hydrogen-bond donors (Lipinski definition) is 3. The Bertz CT molecular complexity index is 366. The van der Waals surface area contributed by atoms with E-state index in [4.69, 9.17) is 26.8 Å². The van der Waals surface area contributed by atoms with Crippen molar-refractivity contribution in [3.05, 3.63) is 0 Å². The third-order valence-corrected chi connectivity index (χ3v) is 5.30. The average Bonchev–Trinajstić information content (AvgIpc) is 2.99. The minimum atomic E-state index is -1.10. The van der Waals surface area contributed by atoms with Crippen LogP contribution in [0.15, 0.2) is 0 Å². The molecule has 0 amide bonds. The van der Waals surface area contributed by atoms with Crippen LogP contribution in [0, 0.1) is 0 Å². The molecule has 1 rings (SSSR count). The summed E-state index contributed by atoms with van der Waals surface area (Å²) in [6, 6.07) is 0. The highest BCUT2D eigenvalue weighted by Crippen LogP contribution is 2.21. The molecule has 26 heavy (non-hydrogen) atoms. The van der Waals surface area contributed by atoms with Gasteiger partial charge in [-0.05, 0) is 18.6 Å². The molecule has 6 heteroatoms. The second-order valence-corrected chi connectivity index (χ2v) is 7.81. The molecule has 0 unspecified atom stereocenters. The lowest BCUT2D eigenvalue weighted by molar-refractivity contribution is -0.0679. The smallest absolute Gasteiger partial charge is 0.160 e. The highest BCUT2D eigenvalue weighted by molar-refractivity contribution is 7.80. The van der Waals surface area contributed by atoms with Crippen molar-refractivity contribution in [2.45, 2.75) is 108 Å². The number of aliphatic hydroxyl groups is 3. The lowest BCUT2D eigenvalue weighted by Gasteiger charge is -2.21. The molecule has 0 saturated carbocycles. The van der Waals surface area contributed by atoms with Gasteiger partial charge in [-0.3, -0.25) is 0 Å². The summed E-state index contributed by atoms with van der Waals surface area (Å²) in [4.78, 5) is 0. The first-order valence-electron chi connectivity index (χ1n) is 10.4. The summed E-state index contributed by atoms with van der Waals surface area (Å²) >= 11 is 5.25. The van der Waals surface area contributed by atoms with Crippen molar-refractivity contribution in [2.75, 3.05) is 13.2 Å². The fourth-order valence-electron chi connectivity index (χ4n) is 3.32. The lowest BCUT2D eigenvalue weighted by Crippen LogP contribution is -2.41. The maximum absolute atomic E-state index is 10.1. The summed E-state index contributed by atoms with van der Waals surface area (Å²) in [7, 11) is 0. The van der Waals surface area contributed by atoms with Crippen LogP contribution in [0.2, 0.25) is 0 Å². The Morgan fingerprint density at radius 1 is 1.04 bits per heavy atom. The Hall–Kier alpha value is -0.270. The third kappa shape index (κ3) is 9.60. The summed E-state index contributed by atoms with van der Waals surface area (Å²) < 4.78 is 10.9. The topological polar surface area (TPSA) is 79.2 Å². The van der Waals surface area contributed by atoms with Gasteiger partial charge in [0.15, 0.2) is 11.2 Å². The van der Waals surface area contributed by atoms with Crippen molar-refractivity contribution in [3.8, 4) is 0 Å². The Morgan fingerprint density at radius 2 is 1.58 bits per heavy atom. The molecular weight excluding hydrogens is 352 g/mol. The van der Waals surface area contributed by atoms with Crippen molar-refractivity contribution in [1.29, 1.82) is 0 Å². The molecule has 1 fully saturated rings. The molecule has 1 aliphatic heterocycles. The van der Waals surface area contributed by atoms with Crippen molar-refractivity contribution in [1.82, 2.24) is 0 Å². The molecule has 0 spiro atoms. The summed E-state index contributed by atoms with van der Waals surface area (Å²) in [6.45, 7) is 1.98. The van der Waals surface area contributed by atoms with Gasteiger partial charge < -0.3 is 24.8 Å². The second kappa shape index (κ2) is 14.7. The first kappa shape index (κ1) is 23.8. The average molecular weight is 391 g/mol. The second-order valence-electron chi connectivity index (χ2n) is 7.35. The molecule has 0 aromatic carbocycles. The van der Waals surface area contributed by atoms with E-state index in [2.05, 4.69) is 6.92 Å². The highest BCUT2D eigenvalue weighted by Gasteiger charge is 2.41. The Morgan fingerprint density at radius 3 is 2.12 bits per heavy atom. The zero-order chi connectivity index (χ0) is 19.2. The number of hydrogen-bond acceptors (Lipinski definition) is 6. The van der Waals surface area contributed by atoms with E-state index in [1.165, 1.54) is 57.8 Å². The summed E-state index contributed by atoms with van der Waals surface area (Å²) in [6.07, 6.45) is 11.4. The largest absolute Gasteiger partial charge is 0.479 e. The molecule has 4 atom stereocenters. The van der Waals surface area contributed by atoms with Crippen LogP contribution < -0.4 is 0 Å². The fraction of sp³-hybridized carbons (Fsp3) is 0.950. The maximum atomic E-state index is 10.1. The van der Waals surface area contributed by atoms with Crippen LogP contribution in [0.1, 0.15) is 84.0 Å². The first-order valence-corrected chi connectivity index (χ1v) is 10.8. The van der Waals surface area contributed by atoms with Crippen LogP contribution >= 0.6 is 12.2 Å². The van der Waals surface area contributed by atoms with Crippen molar-refractivity contribution in [2.24, 2.45) is 0 Å². The van der Waals surface area contributed by atoms with E-state index in [0.29, 0.717) is 11.5 Å². The van der Waals surface area contributed by atoms with Gasteiger partial charge in [0.2, 0.25) is 0 Å². The maximum Gasteiger partial charge on any atom is 0.160 e. The van der Waals surface area contributed by atoms with Crippen LogP contribution in [0.25, 0.3) is 0 Å². The van der Waals surface area contributed by atoms with E-state index in [1.54, 1.807) is 0 Å². The number of rotatable bonds is 15. The predicted molar refractivity (Wildman–Crippen MR) is 107 cm³/mol. The molecule has 0 bridgehead atoms. The molecule has 0 aromatic heterocycles. The molecular formula is C20H38O5S. The van der Waals surface area contributed by atoms with Gasteiger partial charge in [0.05, 0.1) is 13.2 Å². The molecule has 0 aromatic rings. The fourth-order valence-corrected chi connectivity index (χ4v) is 3.59.